The summed E-state index contributed by atoms with van der Waals surface area (Å²) >= 11 is 0. The summed E-state index contributed by atoms with van der Waals surface area (Å²) in [6, 6.07) is 5.61. The maximum absolute atomic E-state index is 12.3. The van der Waals surface area contributed by atoms with Crippen LogP contribution in [0.3, 0.4) is 0 Å². The number of hydrogen-bond donors (Lipinski definition) is 2. The number of carbonyl (C=O) groups is 2. The summed E-state index contributed by atoms with van der Waals surface area (Å²) in [6.07, 6.45) is 2.49. The highest BCUT2D eigenvalue weighted by Crippen LogP contribution is 2.24. The molecule has 6 heteroatoms. The first-order valence-electron chi connectivity index (χ1n) is 8.56. The molecule has 2 saturated heterocycles. The average molecular weight is 331 g/mol. The highest BCUT2D eigenvalue weighted by Gasteiger charge is 2.31. The van der Waals surface area contributed by atoms with Gasteiger partial charge in [0.05, 0.1) is 12.1 Å². The normalized spacial score (nSPS) is 23.6. The van der Waals surface area contributed by atoms with E-state index < -0.39 is 0 Å². The Labute approximate surface area is 142 Å². The van der Waals surface area contributed by atoms with Gasteiger partial charge in [0.2, 0.25) is 5.91 Å². The molecule has 0 bridgehead atoms. The van der Waals surface area contributed by atoms with Gasteiger partial charge in [0.15, 0.2) is 0 Å². The van der Waals surface area contributed by atoms with Crippen molar-refractivity contribution >= 4 is 17.6 Å². The zero-order chi connectivity index (χ0) is 17.1. The molecule has 2 heterocycles. The van der Waals surface area contributed by atoms with E-state index in [2.05, 4.69) is 10.6 Å². The molecule has 0 aromatic heterocycles. The van der Waals surface area contributed by atoms with Gasteiger partial charge >= 0.3 is 6.03 Å². The minimum absolute atomic E-state index is 0.0441. The smallest absolute Gasteiger partial charge is 0.315 e. The molecule has 24 heavy (non-hydrogen) atoms. The van der Waals surface area contributed by atoms with Crippen molar-refractivity contribution in [2.45, 2.75) is 45.3 Å². The van der Waals surface area contributed by atoms with Crippen LogP contribution in [0.4, 0.5) is 10.5 Å². The van der Waals surface area contributed by atoms with Gasteiger partial charge in [-0.2, -0.15) is 0 Å². The fraction of sp³-hybridized carbons (Fsp3) is 0.556. The molecule has 130 valence electrons. The summed E-state index contributed by atoms with van der Waals surface area (Å²) in [7, 11) is 0. The number of carbonyl (C=O) groups excluding carboxylic acids is 2. The highest BCUT2D eigenvalue weighted by molar-refractivity contribution is 5.96. The van der Waals surface area contributed by atoms with Gasteiger partial charge in [0.1, 0.15) is 0 Å². The Kier molecular flexibility index (Phi) is 5.04. The number of amides is 3. The van der Waals surface area contributed by atoms with Gasteiger partial charge in [-0.05, 0) is 49.9 Å². The third-order valence-electron chi connectivity index (χ3n) is 4.78. The van der Waals surface area contributed by atoms with Crippen LogP contribution in [0, 0.1) is 13.8 Å². The Bertz CT molecular complexity index is 626. The van der Waals surface area contributed by atoms with E-state index in [9.17, 15) is 9.59 Å². The topological polar surface area (TPSA) is 70.7 Å². The predicted molar refractivity (Wildman–Crippen MR) is 92.2 cm³/mol. The van der Waals surface area contributed by atoms with Crippen LogP contribution in [0.25, 0.3) is 0 Å². The van der Waals surface area contributed by atoms with E-state index in [-0.39, 0.29) is 24.1 Å². The van der Waals surface area contributed by atoms with Gasteiger partial charge in [0, 0.05) is 31.8 Å². The van der Waals surface area contributed by atoms with Crippen LogP contribution in [0.15, 0.2) is 18.2 Å². The van der Waals surface area contributed by atoms with Crippen molar-refractivity contribution in [1.82, 2.24) is 10.6 Å². The molecule has 2 atom stereocenters. The van der Waals surface area contributed by atoms with Crippen LogP contribution in [0.5, 0.6) is 0 Å². The molecule has 1 aromatic carbocycles. The number of urea groups is 1. The standard InChI is InChI=1S/C18H25N3O3/c1-12-5-6-15(8-13(12)2)21-11-14(9-17(21)22)20-18(23)19-10-16-4-3-7-24-16/h5-6,8,14,16H,3-4,7,9-11H2,1-2H3,(H2,19,20,23)/t14-,16-/m1/s1. The lowest BCUT2D eigenvalue weighted by molar-refractivity contribution is -0.117. The zero-order valence-corrected chi connectivity index (χ0v) is 14.3. The second-order valence-corrected chi connectivity index (χ2v) is 6.66. The summed E-state index contributed by atoms with van der Waals surface area (Å²) in [5.74, 6) is 0.0441. The molecule has 1 aromatic rings. The largest absolute Gasteiger partial charge is 0.376 e. The number of ether oxygens (including phenoxy) is 1. The van der Waals surface area contributed by atoms with Gasteiger partial charge < -0.3 is 20.3 Å². The van der Waals surface area contributed by atoms with Crippen LogP contribution >= 0.6 is 0 Å². The maximum Gasteiger partial charge on any atom is 0.315 e. The summed E-state index contributed by atoms with van der Waals surface area (Å²) in [5, 5.41) is 5.72. The number of nitrogens with zero attached hydrogens (tertiary/aromatic N) is 1. The summed E-state index contributed by atoms with van der Waals surface area (Å²) in [4.78, 5) is 26.0. The molecule has 2 fully saturated rings. The van der Waals surface area contributed by atoms with Crippen molar-refractivity contribution in [3.8, 4) is 0 Å². The number of nitrogens with one attached hydrogen (secondary N) is 2. The SMILES string of the molecule is Cc1ccc(N2C[C@H](NC(=O)NC[C@H]3CCCO3)CC2=O)cc1C. The Morgan fingerprint density at radius 1 is 1.33 bits per heavy atom. The molecule has 2 aliphatic rings. The molecule has 2 N–H and O–H groups in total. The van der Waals surface area contributed by atoms with E-state index in [0.717, 1.165) is 30.7 Å². The molecule has 0 saturated carbocycles. The fourth-order valence-corrected chi connectivity index (χ4v) is 3.20. The van der Waals surface area contributed by atoms with Crippen molar-refractivity contribution in [3.63, 3.8) is 0 Å². The second kappa shape index (κ2) is 7.21. The predicted octanol–water partition coefficient (Wildman–Crippen LogP) is 1.89. The maximum atomic E-state index is 12.3. The fourth-order valence-electron chi connectivity index (χ4n) is 3.20. The first-order chi connectivity index (χ1) is 11.5. The van der Waals surface area contributed by atoms with Gasteiger partial charge in [-0.3, -0.25) is 4.79 Å². The number of anilines is 1. The lowest BCUT2D eigenvalue weighted by atomic mass is 10.1. The molecule has 0 aliphatic carbocycles. The van der Waals surface area contributed by atoms with E-state index in [0.29, 0.717) is 19.5 Å². The Hall–Kier alpha value is -2.08. The molecule has 0 spiro atoms. The van der Waals surface area contributed by atoms with Gasteiger partial charge in [-0.25, -0.2) is 4.79 Å². The first-order valence-corrected chi connectivity index (χ1v) is 8.56. The summed E-state index contributed by atoms with van der Waals surface area (Å²) in [6.45, 7) is 5.89. The molecular formula is C18H25N3O3. The third kappa shape index (κ3) is 3.87. The Balaban J connectivity index is 1.52. The Morgan fingerprint density at radius 2 is 2.17 bits per heavy atom. The number of hydrogen-bond acceptors (Lipinski definition) is 3. The molecule has 0 radical (unpaired) electrons. The van der Waals surface area contributed by atoms with Crippen LogP contribution < -0.4 is 15.5 Å². The molecule has 3 amide bonds. The van der Waals surface area contributed by atoms with E-state index in [1.165, 1.54) is 5.56 Å². The van der Waals surface area contributed by atoms with Gasteiger partial charge in [0.25, 0.3) is 0 Å². The van der Waals surface area contributed by atoms with Crippen LogP contribution in [0.1, 0.15) is 30.4 Å². The molecule has 3 rings (SSSR count). The highest BCUT2D eigenvalue weighted by atomic mass is 16.5. The quantitative estimate of drug-likeness (QED) is 0.885. The van der Waals surface area contributed by atoms with Crippen LogP contribution in [-0.4, -0.2) is 43.8 Å². The van der Waals surface area contributed by atoms with Crippen molar-refractivity contribution in [1.29, 1.82) is 0 Å². The number of rotatable bonds is 4. The minimum atomic E-state index is -0.231. The molecule has 6 nitrogen and oxygen atoms in total. The van der Waals surface area contributed by atoms with E-state index in [1.807, 2.05) is 32.0 Å². The van der Waals surface area contributed by atoms with Gasteiger partial charge in [-0.15, -0.1) is 0 Å². The lowest BCUT2D eigenvalue weighted by Gasteiger charge is -2.19. The lowest BCUT2D eigenvalue weighted by Crippen LogP contribution is -2.45. The summed E-state index contributed by atoms with van der Waals surface area (Å²) < 4.78 is 5.48. The van der Waals surface area contributed by atoms with Crippen molar-refractivity contribution in [2.75, 3.05) is 24.6 Å². The Morgan fingerprint density at radius 3 is 2.88 bits per heavy atom. The first kappa shape index (κ1) is 16.8. The molecular weight excluding hydrogens is 306 g/mol. The van der Waals surface area contributed by atoms with Crippen molar-refractivity contribution in [3.05, 3.63) is 29.3 Å². The van der Waals surface area contributed by atoms with Crippen molar-refractivity contribution < 1.29 is 14.3 Å². The van der Waals surface area contributed by atoms with E-state index in [1.54, 1.807) is 4.90 Å². The van der Waals surface area contributed by atoms with E-state index in [4.69, 9.17) is 4.74 Å². The van der Waals surface area contributed by atoms with Crippen molar-refractivity contribution in [2.24, 2.45) is 0 Å². The zero-order valence-electron chi connectivity index (χ0n) is 14.3. The average Bonchev–Trinajstić information content (AvgIpc) is 3.18. The monoisotopic (exact) mass is 331 g/mol. The van der Waals surface area contributed by atoms with Crippen LogP contribution in [0.2, 0.25) is 0 Å². The molecule has 2 aliphatic heterocycles. The third-order valence-corrected chi connectivity index (χ3v) is 4.78. The van der Waals surface area contributed by atoms with Crippen LogP contribution in [-0.2, 0) is 9.53 Å². The minimum Gasteiger partial charge on any atom is -0.376 e. The van der Waals surface area contributed by atoms with Gasteiger partial charge in [-0.1, -0.05) is 6.07 Å². The second-order valence-electron chi connectivity index (χ2n) is 6.66. The molecule has 0 unspecified atom stereocenters. The van der Waals surface area contributed by atoms with E-state index >= 15 is 0 Å². The summed E-state index contributed by atoms with van der Waals surface area (Å²) in [5.41, 5.74) is 3.26. The number of benzene rings is 1. The number of aryl methyl sites for hydroxylation is 2.